The van der Waals surface area contributed by atoms with Gasteiger partial charge in [0.05, 0.1) is 10.6 Å². The van der Waals surface area contributed by atoms with Crippen molar-refractivity contribution in [2.45, 2.75) is 50.2 Å². The summed E-state index contributed by atoms with van der Waals surface area (Å²) in [5.74, 6) is 0. The molecular weight excluding hydrogens is 299 g/mol. The van der Waals surface area contributed by atoms with E-state index in [0.717, 1.165) is 31.2 Å². The highest BCUT2D eigenvalue weighted by Crippen LogP contribution is 2.49. The molecule has 1 aliphatic carbocycles. The van der Waals surface area contributed by atoms with Gasteiger partial charge >= 0.3 is 6.18 Å². The molecule has 0 N–H and O–H groups in total. The molecule has 0 bridgehead atoms. The highest BCUT2D eigenvalue weighted by atomic mass is 35.5. The Balaban J connectivity index is 2.35. The fourth-order valence-electron chi connectivity index (χ4n) is 3.03. The first-order valence-electron chi connectivity index (χ1n) is 7.19. The molecule has 1 unspecified atom stereocenters. The Labute approximate surface area is 129 Å². The Bertz CT molecular complexity index is 507. The second kappa shape index (κ2) is 5.81. The summed E-state index contributed by atoms with van der Waals surface area (Å²) < 4.78 is 39.1. The highest BCUT2D eigenvalue weighted by molar-refractivity contribution is 6.31. The van der Waals surface area contributed by atoms with Crippen LogP contribution in [0.2, 0.25) is 5.02 Å². The lowest BCUT2D eigenvalue weighted by Crippen LogP contribution is -2.41. The first kappa shape index (κ1) is 16.6. The van der Waals surface area contributed by atoms with Crippen LogP contribution in [0.5, 0.6) is 0 Å². The van der Waals surface area contributed by atoms with Crippen LogP contribution in [0, 0.1) is 0 Å². The lowest BCUT2D eigenvalue weighted by molar-refractivity contribution is -0.137. The second-order valence-electron chi connectivity index (χ2n) is 6.34. The summed E-state index contributed by atoms with van der Waals surface area (Å²) in [6.07, 6.45) is -0.553. The quantitative estimate of drug-likeness (QED) is 0.744. The summed E-state index contributed by atoms with van der Waals surface area (Å²) in [5.41, 5.74) is -0.0708. The van der Waals surface area contributed by atoms with Crippen LogP contribution in [0.1, 0.15) is 43.7 Å². The molecule has 1 aliphatic rings. The molecule has 1 atom stereocenters. The minimum Gasteiger partial charge on any atom is -0.307 e. The van der Waals surface area contributed by atoms with Crippen LogP contribution in [-0.2, 0) is 11.6 Å². The predicted octanol–water partition coefficient (Wildman–Crippen LogP) is 5.12. The zero-order chi connectivity index (χ0) is 15.8. The molecular formula is C16H21ClF3N. The van der Waals surface area contributed by atoms with Crippen molar-refractivity contribution in [2.75, 3.05) is 14.1 Å². The average Bonchev–Trinajstić information content (AvgIpc) is 2.32. The van der Waals surface area contributed by atoms with Crippen molar-refractivity contribution in [2.24, 2.45) is 0 Å². The van der Waals surface area contributed by atoms with Gasteiger partial charge in [-0.2, -0.15) is 13.2 Å². The minimum atomic E-state index is -4.40. The van der Waals surface area contributed by atoms with Crippen molar-refractivity contribution < 1.29 is 13.2 Å². The molecule has 1 nitrogen and oxygen atoms in total. The Kier molecular flexibility index (Phi) is 4.60. The number of nitrogens with zero attached hydrogens (tertiary/aromatic N) is 1. The molecule has 1 fully saturated rings. The van der Waals surface area contributed by atoms with E-state index in [4.69, 9.17) is 11.6 Å². The van der Waals surface area contributed by atoms with Gasteiger partial charge in [0, 0.05) is 6.04 Å². The normalized spacial score (nSPS) is 19.4. The van der Waals surface area contributed by atoms with Crippen molar-refractivity contribution in [3.05, 3.63) is 34.3 Å². The molecule has 2 rings (SSSR count). The largest absolute Gasteiger partial charge is 0.417 e. The van der Waals surface area contributed by atoms with E-state index in [2.05, 4.69) is 11.8 Å². The van der Waals surface area contributed by atoms with Crippen molar-refractivity contribution in [1.82, 2.24) is 4.90 Å². The fourth-order valence-corrected chi connectivity index (χ4v) is 3.26. The zero-order valence-corrected chi connectivity index (χ0v) is 13.4. The van der Waals surface area contributed by atoms with Crippen molar-refractivity contribution in [3.63, 3.8) is 0 Å². The lowest BCUT2D eigenvalue weighted by Gasteiger charge is -2.45. The average molecular weight is 320 g/mol. The summed E-state index contributed by atoms with van der Waals surface area (Å²) >= 11 is 5.72. The monoisotopic (exact) mass is 319 g/mol. The maximum atomic E-state index is 13.0. The Morgan fingerprint density at radius 3 is 2.33 bits per heavy atom. The summed E-state index contributed by atoms with van der Waals surface area (Å²) in [6.45, 7) is 2.11. The van der Waals surface area contributed by atoms with Crippen LogP contribution >= 0.6 is 11.6 Å². The van der Waals surface area contributed by atoms with Gasteiger partial charge in [-0.25, -0.2) is 0 Å². The van der Waals surface area contributed by atoms with Gasteiger partial charge in [0.1, 0.15) is 0 Å². The molecule has 0 saturated heterocycles. The third-order valence-corrected chi connectivity index (χ3v) is 5.09. The van der Waals surface area contributed by atoms with E-state index >= 15 is 0 Å². The van der Waals surface area contributed by atoms with E-state index < -0.39 is 11.7 Å². The maximum Gasteiger partial charge on any atom is 0.417 e. The third kappa shape index (κ3) is 3.37. The minimum absolute atomic E-state index is 0.131. The highest BCUT2D eigenvalue weighted by Gasteiger charge is 2.42. The summed E-state index contributed by atoms with van der Waals surface area (Å²) in [6, 6.07) is 4.73. The summed E-state index contributed by atoms with van der Waals surface area (Å²) in [7, 11) is 4.00. The molecule has 1 aromatic rings. The van der Waals surface area contributed by atoms with E-state index in [1.54, 1.807) is 6.07 Å². The molecule has 0 amide bonds. The molecule has 0 radical (unpaired) electrons. The van der Waals surface area contributed by atoms with E-state index in [0.29, 0.717) is 6.04 Å². The second-order valence-corrected chi connectivity index (χ2v) is 6.75. The predicted molar refractivity (Wildman–Crippen MR) is 79.7 cm³/mol. The standard InChI is InChI=1S/C16H21ClF3N/c1-11(21(2)3)10-15(7-4-8-15)12-5-6-14(17)13(9-12)16(18,19)20/h5-6,9,11H,4,7-8,10H2,1-3H3. The van der Waals surface area contributed by atoms with Crippen LogP contribution in [0.15, 0.2) is 18.2 Å². The Morgan fingerprint density at radius 2 is 1.90 bits per heavy atom. The number of hydrogen-bond donors (Lipinski definition) is 0. The first-order valence-corrected chi connectivity index (χ1v) is 7.57. The summed E-state index contributed by atoms with van der Waals surface area (Å²) in [4.78, 5) is 2.11. The molecule has 1 aromatic carbocycles. The van der Waals surface area contributed by atoms with Gasteiger partial charge in [-0.15, -0.1) is 0 Å². The van der Waals surface area contributed by atoms with Crippen LogP contribution in [0.3, 0.4) is 0 Å². The Morgan fingerprint density at radius 1 is 1.29 bits per heavy atom. The SMILES string of the molecule is CC(CC1(c2ccc(Cl)c(C(F)(F)F)c2)CCC1)N(C)C. The number of alkyl halides is 3. The van der Waals surface area contributed by atoms with Gasteiger partial charge in [0.15, 0.2) is 0 Å². The van der Waals surface area contributed by atoms with Gasteiger partial charge in [-0.1, -0.05) is 24.1 Å². The molecule has 1 saturated carbocycles. The van der Waals surface area contributed by atoms with Gasteiger partial charge < -0.3 is 4.90 Å². The maximum absolute atomic E-state index is 13.0. The molecule has 0 heterocycles. The lowest BCUT2D eigenvalue weighted by atomic mass is 9.61. The molecule has 0 aromatic heterocycles. The van der Waals surface area contributed by atoms with Crippen molar-refractivity contribution in [3.8, 4) is 0 Å². The fraction of sp³-hybridized carbons (Fsp3) is 0.625. The summed E-state index contributed by atoms with van der Waals surface area (Å²) in [5, 5.41) is -0.221. The van der Waals surface area contributed by atoms with E-state index in [9.17, 15) is 13.2 Å². The number of rotatable bonds is 4. The van der Waals surface area contributed by atoms with Gasteiger partial charge in [-0.3, -0.25) is 0 Å². The third-order valence-electron chi connectivity index (χ3n) is 4.76. The zero-order valence-electron chi connectivity index (χ0n) is 12.6. The van der Waals surface area contributed by atoms with Crippen LogP contribution in [0.4, 0.5) is 13.2 Å². The van der Waals surface area contributed by atoms with Crippen LogP contribution < -0.4 is 0 Å². The van der Waals surface area contributed by atoms with Gasteiger partial charge in [0.2, 0.25) is 0 Å². The number of benzene rings is 1. The van der Waals surface area contributed by atoms with E-state index in [1.807, 2.05) is 14.1 Å². The van der Waals surface area contributed by atoms with Crippen molar-refractivity contribution in [1.29, 1.82) is 0 Å². The van der Waals surface area contributed by atoms with Crippen molar-refractivity contribution >= 4 is 11.6 Å². The smallest absolute Gasteiger partial charge is 0.307 e. The topological polar surface area (TPSA) is 3.24 Å². The van der Waals surface area contributed by atoms with E-state index in [-0.39, 0.29) is 10.4 Å². The molecule has 5 heteroatoms. The molecule has 0 spiro atoms. The number of hydrogen-bond acceptors (Lipinski definition) is 1. The first-order chi connectivity index (χ1) is 9.66. The molecule has 118 valence electrons. The van der Waals surface area contributed by atoms with E-state index in [1.165, 1.54) is 12.1 Å². The van der Waals surface area contributed by atoms with Gasteiger partial charge in [0.25, 0.3) is 0 Å². The molecule has 21 heavy (non-hydrogen) atoms. The number of halogens is 4. The Hall–Kier alpha value is -0.740. The van der Waals surface area contributed by atoms with Crippen LogP contribution in [-0.4, -0.2) is 25.0 Å². The van der Waals surface area contributed by atoms with Gasteiger partial charge in [-0.05, 0) is 63.4 Å². The molecule has 0 aliphatic heterocycles. The van der Waals surface area contributed by atoms with Crippen LogP contribution in [0.25, 0.3) is 0 Å².